The lowest BCUT2D eigenvalue weighted by Gasteiger charge is -2.40. The number of nitrogens with one attached hydrogen (secondary N) is 1. The Hall–Kier alpha value is -0.770. The topological polar surface area (TPSA) is 128 Å². The van der Waals surface area contributed by atoms with E-state index in [1.165, 1.54) is 6.92 Å². The standard InChI is InChI=1S/C8H15NO7/c1-3(11)9-5-7(16-14)6(12)4(2-10)15-8(5)13/h4-8,10,12-14H,2H2,1H3,(H,9,11)/t4-,5-,6-,7-,8-/m1/s1. The predicted molar refractivity (Wildman–Crippen MR) is 49.1 cm³/mol. The van der Waals surface area contributed by atoms with E-state index in [1.807, 2.05) is 0 Å². The van der Waals surface area contributed by atoms with Crippen molar-refractivity contribution < 1.29 is 35.0 Å². The highest BCUT2D eigenvalue weighted by Gasteiger charge is 2.46. The Morgan fingerprint density at radius 2 is 2.12 bits per heavy atom. The van der Waals surface area contributed by atoms with Crippen LogP contribution in [0.2, 0.25) is 0 Å². The van der Waals surface area contributed by atoms with Gasteiger partial charge in [-0.2, -0.15) is 0 Å². The van der Waals surface area contributed by atoms with Crippen molar-refractivity contribution in [1.82, 2.24) is 5.32 Å². The molecule has 8 nitrogen and oxygen atoms in total. The first kappa shape index (κ1) is 13.3. The number of amides is 1. The van der Waals surface area contributed by atoms with Gasteiger partial charge >= 0.3 is 0 Å². The fourth-order valence-electron chi connectivity index (χ4n) is 1.60. The second-order valence-corrected chi connectivity index (χ2v) is 3.53. The first-order chi connectivity index (χ1) is 7.51. The summed E-state index contributed by atoms with van der Waals surface area (Å²) >= 11 is 0. The van der Waals surface area contributed by atoms with Crippen LogP contribution in [0.25, 0.3) is 0 Å². The molecule has 1 saturated heterocycles. The molecule has 0 bridgehead atoms. The van der Waals surface area contributed by atoms with Gasteiger partial charge in [0.1, 0.15) is 24.4 Å². The molecule has 1 rings (SSSR count). The van der Waals surface area contributed by atoms with Gasteiger partial charge in [-0.3, -0.25) is 10.1 Å². The summed E-state index contributed by atoms with van der Waals surface area (Å²) in [6, 6.07) is -1.11. The fraction of sp³-hybridized carbons (Fsp3) is 0.875. The Kier molecular flexibility index (Phi) is 4.59. The summed E-state index contributed by atoms with van der Waals surface area (Å²) in [5.41, 5.74) is 0. The SMILES string of the molecule is CC(=O)N[C@@H]1[C@@H](OO)[C@H](O)[C@@H](CO)O[C@H]1O. The Morgan fingerprint density at radius 1 is 1.50 bits per heavy atom. The monoisotopic (exact) mass is 237 g/mol. The molecule has 0 saturated carbocycles. The third kappa shape index (κ3) is 2.67. The van der Waals surface area contributed by atoms with Crippen LogP contribution in [0, 0.1) is 0 Å². The van der Waals surface area contributed by atoms with Gasteiger partial charge in [-0.25, -0.2) is 4.89 Å². The van der Waals surface area contributed by atoms with Crippen LogP contribution in [0.4, 0.5) is 0 Å². The van der Waals surface area contributed by atoms with Gasteiger partial charge in [-0.05, 0) is 0 Å². The zero-order chi connectivity index (χ0) is 12.3. The second kappa shape index (κ2) is 5.53. The number of hydrogen-bond donors (Lipinski definition) is 5. The van der Waals surface area contributed by atoms with Crippen LogP contribution in [0.1, 0.15) is 6.92 Å². The van der Waals surface area contributed by atoms with Gasteiger partial charge < -0.3 is 25.4 Å². The van der Waals surface area contributed by atoms with Gasteiger partial charge in [0.05, 0.1) is 6.61 Å². The molecule has 0 aromatic heterocycles. The molecular weight excluding hydrogens is 222 g/mol. The maximum absolute atomic E-state index is 10.8. The molecule has 0 radical (unpaired) electrons. The largest absolute Gasteiger partial charge is 0.394 e. The van der Waals surface area contributed by atoms with E-state index < -0.39 is 43.2 Å². The summed E-state index contributed by atoms with van der Waals surface area (Å²) in [6.45, 7) is 0.649. The minimum absolute atomic E-state index is 0.482. The molecule has 1 fully saturated rings. The average molecular weight is 237 g/mol. The Balaban J connectivity index is 2.78. The predicted octanol–water partition coefficient (Wildman–Crippen LogP) is -2.58. The molecule has 5 N–H and O–H groups in total. The van der Waals surface area contributed by atoms with Gasteiger partial charge in [-0.15, -0.1) is 0 Å². The fourth-order valence-corrected chi connectivity index (χ4v) is 1.60. The van der Waals surface area contributed by atoms with Crippen molar-refractivity contribution in [2.45, 2.75) is 37.6 Å². The summed E-state index contributed by atoms with van der Waals surface area (Å²) in [7, 11) is 0. The number of aliphatic hydroxyl groups is 3. The molecule has 8 heteroatoms. The lowest BCUT2D eigenvalue weighted by Crippen LogP contribution is -2.64. The quantitative estimate of drug-likeness (QED) is 0.269. The van der Waals surface area contributed by atoms with E-state index in [1.54, 1.807) is 0 Å². The first-order valence-corrected chi connectivity index (χ1v) is 4.71. The smallest absolute Gasteiger partial charge is 0.217 e. The lowest BCUT2D eigenvalue weighted by molar-refractivity contribution is -0.351. The van der Waals surface area contributed by atoms with Crippen molar-refractivity contribution in [2.75, 3.05) is 6.61 Å². The van der Waals surface area contributed by atoms with Crippen molar-refractivity contribution in [3.8, 4) is 0 Å². The molecule has 16 heavy (non-hydrogen) atoms. The van der Waals surface area contributed by atoms with E-state index in [9.17, 15) is 15.0 Å². The van der Waals surface area contributed by atoms with Crippen molar-refractivity contribution >= 4 is 5.91 Å². The molecule has 0 aromatic carbocycles. The van der Waals surface area contributed by atoms with Gasteiger partial charge in [0, 0.05) is 6.92 Å². The van der Waals surface area contributed by atoms with E-state index in [-0.39, 0.29) is 0 Å². The number of aliphatic hydroxyl groups excluding tert-OH is 3. The first-order valence-electron chi connectivity index (χ1n) is 4.71. The lowest BCUT2D eigenvalue weighted by atomic mass is 9.97. The zero-order valence-electron chi connectivity index (χ0n) is 8.61. The van der Waals surface area contributed by atoms with E-state index in [0.29, 0.717) is 0 Å². The summed E-state index contributed by atoms with van der Waals surface area (Å²) in [4.78, 5) is 14.8. The van der Waals surface area contributed by atoms with Crippen molar-refractivity contribution in [1.29, 1.82) is 0 Å². The van der Waals surface area contributed by atoms with Crippen LogP contribution in [-0.4, -0.2) is 63.7 Å². The Labute approximate surface area is 91.3 Å². The summed E-state index contributed by atoms with van der Waals surface area (Å²) < 4.78 is 4.84. The number of rotatable bonds is 3. The highest BCUT2D eigenvalue weighted by molar-refractivity contribution is 5.73. The maximum atomic E-state index is 10.8. The number of carbonyl (C=O) groups excluding carboxylic acids is 1. The highest BCUT2D eigenvalue weighted by atomic mass is 17.1. The third-order valence-electron chi connectivity index (χ3n) is 2.36. The third-order valence-corrected chi connectivity index (χ3v) is 2.36. The van der Waals surface area contributed by atoms with Crippen molar-refractivity contribution in [2.24, 2.45) is 0 Å². The van der Waals surface area contributed by atoms with Crippen LogP contribution >= 0.6 is 0 Å². The molecular formula is C8H15NO7. The minimum Gasteiger partial charge on any atom is -0.394 e. The van der Waals surface area contributed by atoms with E-state index in [2.05, 4.69) is 10.2 Å². The van der Waals surface area contributed by atoms with Crippen LogP contribution in [0.5, 0.6) is 0 Å². The molecule has 0 aromatic rings. The number of hydrogen-bond acceptors (Lipinski definition) is 7. The highest BCUT2D eigenvalue weighted by Crippen LogP contribution is 2.21. The molecule has 0 unspecified atom stereocenters. The van der Waals surface area contributed by atoms with Crippen LogP contribution in [0.15, 0.2) is 0 Å². The normalized spacial score (nSPS) is 39.4. The minimum atomic E-state index is -1.48. The molecule has 1 amide bonds. The maximum Gasteiger partial charge on any atom is 0.217 e. The summed E-state index contributed by atoms with van der Waals surface area (Å²) in [5.74, 6) is -0.482. The van der Waals surface area contributed by atoms with Crippen LogP contribution in [0.3, 0.4) is 0 Å². The van der Waals surface area contributed by atoms with E-state index >= 15 is 0 Å². The molecule has 5 atom stereocenters. The Bertz CT molecular complexity index is 249. The second-order valence-electron chi connectivity index (χ2n) is 3.53. The van der Waals surface area contributed by atoms with Gasteiger partial charge in [0.2, 0.25) is 5.91 Å². The molecule has 94 valence electrons. The van der Waals surface area contributed by atoms with Crippen LogP contribution < -0.4 is 5.32 Å². The number of carbonyl (C=O) groups is 1. The summed E-state index contributed by atoms with van der Waals surface area (Å²) in [5, 5.41) is 38.8. The average Bonchev–Trinajstić information content (AvgIpc) is 2.23. The van der Waals surface area contributed by atoms with E-state index in [0.717, 1.165) is 0 Å². The zero-order valence-corrected chi connectivity index (χ0v) is 8.61. The Morgan fingerprint density at radius 3 is 2.56 bits per heavy atom. The molecule has 1 aliphatic heterocycles. The van der Waals surface area contributed by atoms with Crippen LogP contribution in [-0.2, 0) is 14.4 Å². The van der Waals surface area contributed by atoms with Gasteiger partial charge in [-0.1, -0.05) is 0 Å². The van der Waals surface area contributed by atoms with Crippen molar-refractivity contribution in [3.63, 3.8) is 0 Å². The molecule has 1 aliphatic rings. The number of ether oxygens (including phenoxy) is 1. The van der Waals surface area contributed by atoms with Gasteiger partial charge in [0.25, 0.3) is 0 Å². The van der Waals surface area contributed by atoms with Gasteiger partial charge in [0.15, 0.2) is 6.29 Å². The molecule has 0 aliphatic carbocycles. The molecule has 0 spiro atoms. The van der Waals surface area contributed by atoms with Crippen molar-refractivity contribution in [3.05, 3.63) is 0 Å². The summed E-state index contributed by atoms with van der Waals surface area (Å²) in [6.07, 6.45) is -5.21. The molecule has 1 heterocycles. The van der Waals surface area contributed by atoms with E-state index in [4.69, 9.17) is 15.1 Å².